The van der Waals surface area contributed by atoms with Crippen LogP contribution in [0.25, 0.3) is 11.4 Å². The molecule has 3 fully saturated rings. The van der Waals surface area contributed by atoms with Gasteiger partial charge in [-0.1, -0.05) is 30.3 Å². The molecule has 0 spiro atoms. The number of likely N-dealkylation sites (tertiary alicyclic amines) is 1. The molecule has 4 atom stereocenters. The van der Waals surface area contributed by atoms with Crippen LogP contribution in [0.3, 0.4) is 0 Å². The topological polar surface area (TPSA) is 50.5 Å². The molecule has 3 aliphatic rings. The predicted octanol–water partition coefficient (Wildman–Crippen LogP) is 2.19. The first-order valence-corrected chi connectivity index (χ1v) is 9.37. The van der Waals surface area contributed by atoms with Gasteiger partial charge in [0.25, 0.3) is 0 Å². The second-order valence-corrected chi connectivity index (χ2v) is 7.80. The van der Waals surface area contributed by atoms with Crippen molar-refractivity contribution in [3.8, 4) is 11.4 Å². The highest BCUT2D eigenvalue weighted by Gasteiger charge is 2.45. The Morgan fingerprint density at radius 3 is 2.52 bits per heavy atom. The molecule has 2 saturated heterocycles. The van der Waals surface area contributed by atoms with Gasteiger partial charge in [-0.05, 0) is 24.7 Å². The van der Waals surface area contributed by atoms with E-state index < -0.39 is 0 Å². The Hall–Kier alpha value is -1.69. The van der Waals surface area contributed by atoms with Crippen LogP contribution in [0.2, 0.25) is 0 Å². The first kappa shape index (κ1) is 15.6. The number of hydrogen-bond donors (Lipinski definition) is 1. The minimum atomic E-state index is -0.296. The molecule has 1 aliphatic carbocycles. The highest BCUT2D eigenvalue weighted by molar-refractivity contribution is 5.55. The van der Waals surface area contributed by atoms with Gasteiger partial charge in [0.1, 0.15) is 5.82 Å². The first-order valence-electron chi connectivity index (χ1n) is 9.37. The van der Waals surface area contributed by atoms with Gasteiger partial charge >= 0.3 is 0 Å². The van der Waals surface area contributed by atoms with Crippen molar-refractivity contribution in [1.29, 1.82) is 0 Å². The van der Waals surface area contributed by atoms with Crippen LogP contribution in [0.5, 0.6) is 0 Å². The van der Waals surface area contributed by atoms with Crippen LogP contribution in [0.1, 0.15) is 18.9 Å². The van der Waals surface area contributed by atoms with Crippen LogP contribution in [0, 0.1) is 11.8 Å². The van der Waals surface area contributed by atoms with Gasteiger partial charge in [0.2, 0.25) is 0 Å². The third-order valence-corrected chi connectivity index (χ3v) is 6.33. The highest BCUT2D eigenvalue weighted by atomic mass is 16.5. The zero-order valence-electron chi connectivity index (χ0n) is 14.4. The minimum Gasteiger partial charge on any atom is -0.391 e. The lowest BCUT2D eigenvalue weighted by atomic mass is 9.77. The summed E-state index contributed by atoms with van der Waals surface area (Å²) in [6, 6.07) is 11.0. The summed E-state index contributed by atoms with van der Waals surface area (Å²) >= 11 is 0. The second kappa shape index (κ2) is 6.24. The van der Waals surface area contributed by atoms with Crippen LogP contribution in [0.4, 0.5) is 0 Å². The third-order valence-electron chi connectivity index (χ3n) is 6.33. The molecular weight excluding hydrogens is 314 g/mol. The van der Waals surface area contributed by atoms with Gasteiger partial charge in [-0.15, -0.1) is 0 Å². The Morgan fingerprint density at radius 1 is 1.04 bits per heavy atom. The number of nitrogens with zero attached hydrogens (tertiary/aromatic N) is 3. The van der Waals surface area contributed by atoms with Gasteiger partial charge in [-0.25, -0.2) is 4.98 Å². The average molecular weight is 339 g/mol. The SMILES string of the molecule is O[C@H]1C[C@@H]2CN(C3COC3)C[C@@H]2C[C@@H]1n1ccnc1-c1ccccc1. The van der Waals surface area contributed by atoms with E-state index >= 15 is 0 Å². The number of aromatic nitrogens is 2. The Labute approximate surface area is 148 Å². The summed E-state index contributed by atoms with van der Waals surface area (Å²) in [6.07, 6.45) is 5.52. The van der Waals surface area contributed by atoms with E-state index in [0.29, 0.717) is 17.9 Å². The van der Waals surface area contributed by atoms with E-state index in [-0.39, 0.29) is 12.1 Å². The smallest absolute Gasteiger partial charge is 0.140 e. The summed E-state index contributed by atoms with van der Waals surface area (Å²) in [6.45, 7) is 4.03. The molecule has 3 heterocycles. The van der Waals surface area contributed by atoms with Crippen molar-refractivity contribution in [2.45, 2.75) is 31.0 Å². The molecule has 0 unspecified atom stereocenters. The fourth-order valence-corrected chi connectivity index (χ4v) is 4.87. The normalized spacial score (nSPS) is 33.2. The van der Waals surface area contributed by atoms with Crippen LogP contribution in [-0.4, -0.2) is 58.0 Å². The lowest BCUT2D eigenvalue weighted by Gasteiger charge is -2.36. The molecule has 5 nitrogen and oxygen atoms in total. The molecule has 132 valence electrons. The Bertz CT molecular complexity index is 728. The van der Waals surface area contributed by atoms with Crippen molar-refractivity contribution in [2.75, 3.05) is 26.3 Å². The van der Waals surface area contributed by atoms with Crippen molar-refractivity contribution >= 4 is 0 Å². The van der Waals surface area contributed by atoms with Crippen LogP contribution in [-0.2, 0) is 4.74 Å². The van der Waals surface area contributed by atoms with Gasteiger partial charge in [-0.2, -0.15) is 0 Å². The van der Waals surface area contributed by atoms with Crippen molar-refractivity contribution in [2.24, 2.45) is 11.8 Å². The number of hydrogen-bond acceptors (Lipinski definition) is 4. The number of imidazole rings is 1. The van der Waals surface area contributed by atoms with Gasteiger partial charge in [0.15, 0.2) is 0 Å². The van der Waals surface area contributed by atoms with E-state index in [1.807, 2.05) is 30.6 Å². The molecule has 5 rings (SSSR count). The second-order valence-electron chi connectivity index (χ2n) is 7.80. The molecule has 25 heavy (non-hydrogen) atoms. The molecule has 0 bridgehead atoms. The zero-order valence-corrected chi connectivity index (χ0v) is 14.4. The maximum atomic E-state index is 10.9. The number of fused-ring (bicyclic) bond motifs is 1. The van der Waals surface area contributed by atoms with E-state index in [4.69, 9.17) is 4.74 Å². The van der Waals surface area contributed by atoms with Crippen LogP contribution < -0.4 is 0 Å². The molecule has 0 amide bonds. The maximum Gasteiger partial charge on any atom is 0.140 e. The standard InChI is InChI=1S/C20H25N3O2/c24-19-9-16-11-22(17-12-25-13-17)10-15(16)8-18(19)23-7-6-21-20(23)14-4-2-1-3-5-14/h1-7,15-19,24H,8-13H2/t15-,16+,18-,19-/m0/s1. The molecule has 1 saturated carbocycles. The largest absolute Gasteiger partial charge is 0.391 e. The van der Waals surface area contributed by atoms with E-state index in [1.54, 1.807) is 0 Å². The number of aliphatic hydroxyl groups excluding tert-OH is 1. The first-order chi connectivity index (χ1) is 12.3. The predicted molar refractivity (Wildman–Crippen MR) is 95.1 cm³/mol. The highest BCUT2D eigenvalue weighted by Crippen LogP contribution is 2.43. The Balaban J connectivity index is 1.38. The summed E-state index contributed by atoms with van der Waals surface area (Å²) in [5.41, 5.74) is 1.11. The van der Waals surface area contributed by atoms with E-state index in [1.165, 1.54) is 0 Å². The summed E-state index contributed by atoms with van der Waals surface area (Å²) in [5.74, 6) is 2.25. The molecule has 1 N–H and O–H groups in total. The van der Waals surface area contributed by atoms with Crippen molar-refractivity contribution in [1.82, 2.24) is 14.5 Å². The van der Waals surface area contributed by atoms with Gasteiger partial charge in [0.05, 0.1) is 31.4 Å². The molecule has 2 aromatic rings. The van der Waals surface area contributed by atoms with Gasteiger partial charge in [-0.3, -0.25) is 4.90 Å². The van der Waals surface area contributed by atoms with Gasteiger partial charge < -0.3 is 14.4 Å². The maximum absolute atomic E-state index is 10.9. The quantitative estimate of drug-likeness (QED) is 0.931. The van der Waals surface area contributed by atoms with E-state index in [9.17, 15) is 5.11 Å². The summed E-state index contributed by atoms with van der Waals surface area (Å²) < 4.78 is 7.56. The Morgan fingerprint density at radius 2 is 1.80 bits per heavy atom. The summed E-state index contributed by atoms with van der Waals surface area (Å²) in [7, 11) is 0. The fraction of sp³-hybridized carbons (Fsp3) is 0.550. The molecule has 1 aromatic heterocycles. The molecule has 0 radical (unpaired) electrons. The van der Waals surface area contributed by atoms with Crippen molar-refractivity contribution < 1.29 is 9.84 Å². The third kappa shape index (κ3) is 2.71. The number of rotatable bonds is 3. The number of ether oxygens (including phenoxy) is 1. The zero-order chi connectivity index (χ0) is 16.8. The number of benzene rings is 1. The summed E-state index contributed by atoms with van der Waals surface area (Å²) in [4.78, 5) is 7.16. The van der Waals surface area contributed by atoms with E-state index in [2.05, 4.69) is 26.6 Å². The van der Waals surface area contributed by atoms with E-state index in [0.717, 1.165) is 50.5 Å². The molecular formula is C20H25N3O2. The fourth-order valence-electron chi connectivity index (χ4n) is 4.87. The van der Waals surface area contributed by atoms with Crippen molar-refractivity contribution in [3.05, 3.63) is 42.7 Å². The number of aliphatic hydroxyl groups is 1. The van der Waals surface area contributed by atoms with Crippen molar-refractivity contribution in [3.63, 3.8) is 0 Å². The minimum absolute atomic E-state index is 0.122. The molecule has 5 heteroatoms. The molecule has 1 aromatic carbocycles. The monoisotopic (exact) mass is 339 g/mol. The van der Waals surface area contributed by atoms with Gasteiger partial charge in [0, 0.05) is 31.0 Å². The lowest BCUT2D eigenvalue weighted by Crippen LogP contribution is -2.48. The van der Waals surface area contributed by atoms with Crippen LogP contribution >= 0.6 is 0 Å². The Kier molecular flexibility index (Phi) is 3.88. The lowest BCUT2D eigenvalue weighted by molar-refractivity contribution is -0.0588. The summed E-state index contributed by atoms with van der Waals surface area (Å²) in [5, 5.41) is 10.9. The average Bonchev–Trinajstić information content (AvgIpc) is 3.19. The molecule has 2 aliphatic heterocycles. The van der Waals surface area contributed by atoms with Crippen LogP contribution in [0.15, 0.2) is 42.7 Å².